The highest BCUT2D eigenvalue weighted by Crippen LogP contribution is 2.26. The molecule has 0 unspecified atom stereocenters. The Morgan fingerprint density at radius 2 is 2.11 bits per heavy atom. The summed E-state index contributed by atoms with van der Waals surface area (Å²) in [4.78, 5) is 11.8. The van der Waals surface area contributed by atoms with Crippen molar-refractivity contribution in [2.24, 2.45) is 0 Å². The molecular formula is C14H20BrNO2. The molecule has 0 atom stereocenters. The minimum atomic E-state index is -0.0359. The number of benzene rings is 1. The maximum atomic E-state index is 11.8. The van der Waals surface area contributed by atoms with Gasteiger partial charge in [0, 0.05) is 12.1 Å². The van der Waals surface area contributed by atoms with E-state index in [-0.39, 0.29) is 5.91 Å². The zero-order valence-electron chi connectivity index (χ0n) is 11.0. The van der Waals surface area contributed by atoms with Crippen LogP contribution >= 0.6 is 15.9 Å². The minimum absolute atomic E-state index is 0.0359. The Morgan fingerprint density at radius 1 is 1.33 bits per heavy atom. The molecule has 0 spiro atoms. The highest BCUT2D eigenvalue weighted by atomic mass is 79.9. The standard InChI is InChI=1S/C14H20BrNO2/c1-3-5-8-16-14(17)11-6-7-13(12(15)10-11)18-9-4-2/h6-7,10H,3-5,8-9H2,1-2H3,(H,16,17). The Kier molecular flexibility index (Phi) is 6.80. The summed E-state index contributed by atoms with van der Waals surface area (Å²) in [7, 11) is 0. The first-order valence-corrected chi connectivity index (χ1v) is 7.18. The first-order valence-electron chi connectivity index (χ1n) is 6.39. The third-order valence-corrected chi connectivity index (χ3v) is 3.09. The third kappa shape index (κ3) is 4.69. The Labute approximate surface area is 117 Å². The molecule has 0 aliphatic carbocycles. The lowest BCUT2D eigenvalue weighted by molar-refractivity contribution is 0.0953. The predicted octanol–water partition coefficient (Wildman–Crippen LogP) is 3.77. The molecule has 0 saturated carbocycles. The SMILES string of the molecule is CCCCNC(=O)c1ccc(OCCC)c(Br)c1. The van der Waals surface area contributed by atoms with E-state index in [1.54, 1.807) is 12.1 Å². The van der Waals surface area contributed by atoms with E-state index >= 15 is 0 Å². The van der Waals surface area contributed by atoms with Gasteiger partial charge in [-0.3, -0.25) is 4.79 Å². The van der Waals surface area contributed by atoms with Gasteiger partial charge in [0.05, 0.1) is 11.1 Å². The summed E-state index contributed by atoms with van der Waals surface area (Å²) in [6, 6.07) is 5.41. The van der Waals surface area contributed by atoms with Gasteiger partial charge in [0.1, 0.15) is 5.75 Å². The van der Waals surface area contributed by atoms with Gasteiger partial charge in [0.15, 0.2) is 0 Å². The molecule has 1 aromatic rings. The Balaban J connectivity index is 2.62. The number of halogens is 1. The Bertz CT molecular complexity index is 393. The molecule has 0 aromatic heterocycles. The summed E-state index contributed by atoms with van der Waals surface area (Å²) in [6.07, 6.45) is 3.05. The maximum absolute atomic E-state index is 11.8. The van der Waals surface area contributed by atoms with Crippen LogP contribution in [0.5, 0.6) is 5.75 Å². The van der Waals surface area contributed by atoms with Crippen molar-refractivity contribution in [3.63, 3.8) is 0 Å². The van der Waals surface area contributed by atoms with Crippen molar-refractivity contribution < 1.29 is 9.53 Å². The Hall–Kier alpha value is -1.03. The number of ether oxygens (including phenoxy) is 1. The fourth-order valence-electron chi connectivity index (χ4n) is 1.45. The van der Waals surface area contributed by atoms with Crippen molar-refractivity contribution in [3.8, 4) is 5.75 Å². The van der Waals surface area contributed by atoms with E-state index < -0.39 is 0 Å². The van der Waals surface area contributed by atoms with E-state index in [2.05, 4.69) is 35.1 Å². The monoisotopic (exact) mass is 313 g/mol. The summed E-state index contributed by atoms with van der Waals surface area (Å²) >= 11 is 3.42. The van der Waals surface area contributed by atoms with Crippen LogP contribution in [-0.4, -0.2) is 19.1 Å². The van der Waals surface area contributed by atoms with E-state index in [9.17, 15) is 4.79 Å². The molecule has 1 amide bonds. The molecule has 1 aromatic carbocycles. The van der Waals surface area contributed by atoms with Gasteiger partial charge in [0.25, 0.3) is 5.91 Å². The molecule has 100 valence electrons. The van der Waals surface area contributed by atoms with Crippen LogP contribution in [0.15, 0.2) is 22.7 Å². The molecule has 0 bridgehead atoms. The smallest absolute Gasteiger partial charge is 0.251 e. The first-order chi connectivity index (χ1) is 8.69. The molecule has 4 heteroatoms. The van der Waals surface area contributed by atoms with Crippen molar-refractivity contribution in [2.75, 3.05) is 13.2 Å². The lowest BCUT2D eigenvalue weighted by atomic mass is 10.2. The van der Waals surface area contributed by atoms with E-state index in [0.717, 1.165) is 36.0 Å². The average Bonchev–Trinajstić information content (AvgIpc) is 2.37. The number of carbonyl (C=O) groups is 1. The zero-order valence-corrected chi connectivity index (χ0v) is 12.5. The van der Waals surface area contributed by atoms with Gasteiger partial charge in [-0.1, -0.05) is 20.3 Å². The molecule has 0 saturated heterocycles. The van der Waals surface area contributed by atoms with Gasteiger partial charge >= 0.3 is 0 Å². The lowest BCUT2D eigenvalue weighted by Crippen LogP contribution is -2.24. The number of nitrogens with one attached hydrogen (secondary N) is 1. The molecule has 0 aliphatic rings. The highest BCUT2D eigenvalue weighted by molar-refractivity contribution is 9.10. The normalized spacial score (nSPS) is 10.2. The number of unbranched alkanes of at least 4 members (excludes halogenated alkanes) is 1. The molecule has 0 fully saturated rings. The lowest BCUT2D eigenvalue weighted by Gasteiger charge is -2.09. The van der Waals surface area contributed by atoms with Crippen LogP contribution in [0.3, 0.4) is 0 Å². The number of hydrogen-bond donors (Lipinski definition) is 1. The highest BCUT2D eigenvalue weighted by Gasteiger charge is 2.08. The van der Waals surface area contributed by atoms with Crippen molar-refractivity contribution in [1.29, 1.82) is 0 Å². The van der Waals surface area contributed by atoms with Crippen molar-refractivity contribution in [2.45, 2.75) is 33.1 Å². The predicted molar refractivity (Wildman–Crippen MR) is 77.2 cm³/mol. The second-order valence-corrected chi connectivity index (χ2v) is 4.96. The van der Waals surface area contributed by atoms with Gasteiger partial charge in [-0.2, -0.15) is 0 Å². The van der Waals surface area contributed by atoms with E-state index in [0.29, 0.717) is 12.2 Å². The third-order valence-electron chi connectivity index (χ3n) is 2.47. The van der Waals surface area contributed by atoms with Gasteiger partial charge < -0.3 is 10.1 Å². The van der Waals surface area contributed by atoms with E-state index in [1.165, 1.54) is 0 Å². The summed E-state index contributed by atoms with van der Waals surface area (Å²) in [5, 5.41) is 2.89. The molecule has 1 N–H and O–H groups in total. The molecule has 0 radical (unpaired) electrons. The van der Waals surface area contributed by atoms with Crippen molar-refractivity contribution in [3.05, 3.63) is 28.2 Å². The summed E-state index contributed by atoms with van der Waals surface area (Å²) < 4.78 is 6.36. The molecule has 1 rings (SSSR count). The average molecular weight is 314 g/mol. The number of rotatable bonds is 7. The van der Waals surface area contributed by atoms with Crippen LogP contribution in [0, 0.1) is 0 Å². The summed E-state index contributed by atoms with van der Waals surface area (Å²) in [5.41, 5.74) is 0.654. The number of carbonyl (C=O) groups excluding carboxylic acids is 1. The summed E-state index contributed by atoms with van der Waals surface area (Å²) in [6.45, 7) is 5.56. The van der Waals surface area contributed by atoms with Gasteiger partial charge in [-0.05, 0) is 47.0 Å². The van der Waals surface area contributed by atoms with Crippen LogP contribution in [0.4, 0.5) is 0 Å². The van der Waals surface area contributed by atoms with Crippen LogP contribution in [0.2, 0.25) is 0 Å². The fourth-order valence-corrected chi connectivity index (χ4v) is 1.95. The zero-order chi connectivity index (χ0) is 13.4. The van der Waals surface area contributed by atoms with Crippen LogP contribution in [-0.2, 0) is 0 Å². The topological polar surface area (TPSA) is 38.3 Å². The quantitative estimate of drug-likeness (QED) is 0.778. The van der Waals surface area contributed by atoms with Gasteiger partial charge in [-0.15, -0.1) is 0 Å². The molecule has 0 heterocycles. The number of hydrogen-bond acceptors (Lipinski definition) is 2. The van der Waals surface area contributed by atoms with E-state index in [1.807, 2.05) is 6.07 Å². The summed E-state index contributed by atoms with van der Waals surface area (Å²) in [5.74, 6) is 0.744. The number of amides is 1. The fraction of sp³-hybridized carbons (Fsp3) is 0.500. The van der Waals surface area contributed by atoms with Crippen molar-refractivity contribution in [1.82, 2.24) is 5.32 Å². The van der Waals surface area contributed by atoms with Crippen molar-refractivity contribution >= 4 is 21.8 Å². The molecule has 0 aliphatic heterocycles. The maximum Gasteiger partial charge on any atom is 0.251 e. The van der Waals surface area contributed by atoms with Crippen LogP contribution < -0.4 is 10.1 Å². The minimum Gasteiger partial charge on any atom is -0.492 e. The molecule has 18 heavy (non-hydrogen) atoms. The molecular weight excluding hydrogens is 294 g/mol. The largest absolute Gasteiger partial charge is 0.492 e. The molecule has 3 nitrogen and oxygen atoms in total. The second kappa shape index (κ2) is 8.14. The van der Waals surface area contributed by atoms with E-state index in [4.69, 9.17) is 4.74 Å². The van der Waals surface area contributed by atoms with Crippen LogP contribution in [0.1, 0.15) is 43.5 Å². The van der Waals surface area contributed by atoms with Gasteiger partial charge in [0.2, 0.25) is 0 Å². The van der Waals surface area contributed by atoms with Gasteiger partial charge in [-0.25, -0.2) is 0 Å². The second-order valence-electron chi connectivity index (χ2n) is 4.10. The first kappa shape index (κ1) is 15.0. The Morgan fingerprint density at radius 3 is 2.72 bits per heavy atom. The van der Waals surface area contributed by atoms with Crippen LogP contribution in [0.25, 0.3) is 0 Å².